The van der Waals surface area contributed by atoms with Crippen LogP contribution in [0.4, 0.5) is 35.1 Å². The van der Waals surface area contributed by atoms with E-state index in [9.17, 15) is 8.78 Å². The highest BCUT2D eigenvalue weighted by atomic mass is 32.1. The summed E-state index contributed by atoms with van der Waals surface area (Å²) in [6.07, 6.45) is 1.94. The molecule has 0 N–H and O–H groups in total. The van der Waals surface area contributed by atoms with Crippen molar-refractivity contribution < 1.29 is 35.1 Å². The quantitative estimate of drug-likeness (QED) is 0.0892. The summed E-state index contributed by atoms with van der Waals surface area (Å²) >= 11 is 1.40. The van der Waals surface area contributed by atoms with Gasteiger partial charge < -0.3 is 0 Å². The molecule has 198 valence electrons. The van der Waals surface area contributed by atoms with E-state index in [-0.39, 0.29) is 0 Å². The zero-order valence-electron chi connectivity index (χ0n) is 19.5. The van der Waals surface area contributed by atoms with E-state index in [1.165, 1.54) is 0 Å². The van der Waals surface area contributed by atoms with Gasteiger partial charge in [0.2, 0.25) is 0 Å². The number of rotatable bonds is 6. The Kier molecular flexibility index (Phi) is 6.80. The van der Waals surface area contributed by atoms with E-state index in [0.717, 1.165) is 0 Å². The Morgan fingerprint density at radius 1 is 0.447 bits per heavy atom. The predicted octanol–water partition coefficient (Wildman–Crippen LogP) is 8.05. The predicted molar refractivity (Wildman–Crippen MR) is 127 cm³/mol. The molecule has 0 spiro atoms. The highest BCUT2D eigenvalue weighted by Crippen LogP contribution is 2.46. The fourth-order valence-corrected chi connectivity index (χ4v) is 6.12. The molecule has 2 heterocycles. The minimum absolute atomic E-state index is 0.328. The van der Waals surface area contributed by atoms with E-state index >= 15 is 26.3 Å². The van der Waals surface area contributed by atoms with Crippen molar-refractivity contribution in [3.05, 3.63) is 56.6 Å². The third-order valence-corrected chi connectivity index (χ3v) is 7.82. The van der Waals surface area contributed by atoms with Crippen LogP contribution >= 0.6 is 22.7 Å². The van der Waals surface area contributed by atoms with Gasteiger partial charge in [0.25, 0.3) is 0 Å². The lowest BCUT2D eigenvalue weighted by atomic mass is 9.94. The van der Waals surface area contributed by atoms with Crippen molar-refractivity contribution in [1.29, 1.82) is 0 Å². The van der Waals surface area contributed by atoms with Crippen molar-refractivity contribution in [2.75, 3.05) is 0 Å². The number of hydrogen-bond donors (Lipinski definition) is 0. The summed E-state index contributed by atoms with van der Waals surface area (Å²) in [7, 11) is 0. The van der Waals surface area contributed by atoms with Gasteiger partial charge in [-0.25, -0.2) is 35.1 Å². The van der Waals surface area contributed by atoms with E-state index in [2.05, 4.69) is 20.4 Å². The van der Waals surface area contributed by atoms with Crippen molar-refractivity contribution in [1.82, 2.24) is 20.4 Å². The Labute approximate surface area is 217 Å². The molecule has 0 saturated carbocycles. The number of benzene rings is 3. The largest absolute Gasteiger partial charge is 0.205 e. The summed E-state index contributed by atoms with van der Waals surface area (Å²) in [6, 6.07) is 0. The fraction of sp³-hybridized carbons (Fsp3) is 0.250. The molecule has 0 bridgehead atoms. The van der Waals surface area contributed by atoms with E-state index in [4.69, 9.17) is 0 Å². The smallest absolute Gasteiger partial charge is 0.195 e. The summed E-state index contributed by atoms with van der Waals surface area (Å²) in [6.45, 7) is 3.60. The fourth-order valence-electron chi connectivity index (χ4n) is 4.16. The molecule has 0 radical (unpaired) electrons. The van der Waals surface area contributed by atoms with Gasteiger partial charge in [-0.2, -0.15) is 0 Å². The standard InChI is InChI=1S/C24H14F8N4S2/c1-3-5-7-33-35-23(37-7)13-11-9(18(28)22(32)20(13)30)10-12(19(29)17(11)27)15(25)14(21(31)16(10)26)24-36-34-8(38-24)6-4-2/h3-6H2,1-2H3. The Morgan fingerprint density at radius 3 is 1.42 bits per heavy atom. The van der Waals surface area contributed by atoms with Gasteiger partial charge in [0.05, 0.1) is 16.5 Å². The van der Waals surface area contributed by atoms with Gasteiger partial charge in [0.1, 0.15) is 15.8 Å². The maximum atomic E-state index is 15.6. The minimum atomic E-state index is -2.19. The van der Waals surface area contributed by atoms with E-state index in [1.807, 2.05) is 0 Å². The van der Waals surface area contributed by atoms with Gasteiger partial charge in [-0.1, -0.05) is 36.5 Å². The molecular formula is C24H14F8N4S2. The lowest BCUT2D eigenvalue weighted by Crippen LogP contribution is -2.06. The molecular weight excluding hydrogens is 560 g/mol. The molecule has 0 atom stereocenters. The van der Waals surface area contributed by atoms with Gasteiger partial charge in [0.15, 0.2) is 50.7 Å². The second-order valence-corrected chi connectivity index (χ2v) is 10.4. The third-order valence-electron chi connectivity index (χ3n) is 5.82. The van der Waals surface area contributed by atoms with Crippen molar-refractivity contribution in [3.8, 4) is 21.1 Å². The first-order valence-corrected chi connectivity index (χ1v) is 12.9. The topological polar surface area (TPSA) is 51.6 Å². The molecule has 2 aromatic heterocycles. The third kappa shape index (κ3) is 3.83. The number of nitrogens with zero attached hydrogens (tertiary/aromatic N) is 4. The second kappa shape index (κ2) is 9.80. The van der Waals surface area contributed by atoms with Crippen LogP contribution in [-0.4, -0.2) is 20.4 Å². The van der Waals surface area contributed by atoms with Crippen LogP contribution in [0.1, 0.15) is 36.7 Å². The van der Waals surface area contributed by atoms with Crippen molar-refractivity contribution in [2.45, 2.75) is 39.5 Å². The van der Waals surface area contributed by atoms with E-state index in [0.29, 0.717) is 58.4 Å². The van der Waals surface area contributed by atoms with Crippen molar-refractivity contribution in [2.24, 2.45) is 0 Å². The molecule has 0 aliphatic carbocycles. The van der Waals surface area contributed by atoms with Crippen LogP contribution in [0.15, 0.2) is 0 Å². The number of aromatic nitrogens is 4. The molecule has 38 heavy (non-hydrogen) atoms. The van der Waals surface area contributed by atoms with Gasteiger partial charge in [-0.05, 0) is 12.8 Å². The summed E-state index contributed by atoms with van der Waals surface area (Å²) in [5.74, 6) is -16.1. The zero-order valence-corrected chi connectivity index (χ0v) is 21.1. The number of aryl methyl sites for hydroxylation is 2. The molecule has 0 amide bonds. The maximum absolute atomic E-state index is 15.6. The zero-order chi connectivity index (χ0) is 27.5. The molecule has 0 fully saturated rings. The first-order chi connectivity index (χ1) is 18.1. The first-order valence-electron chi connectivity index (χ1n) is 11.2. The molecule has 4 nitrogen and oxygen atoms in total. The summed E-state index contributed by atoms with van der Waals surface area (Å²) in [5.41, 5.74) is -2.20. The molecule has 3 aromatic carbocycles. The Morgan fingerprint density at radius 2 is 0.868 bits per heavy atom. The molecule has 0 aliphatic rings. The molecule has 5 aromatic rings. The Bertz CT molecular complexity index is 1750. The second-order valence-electron chi connectivity index (χ2n) is 8.26. The molecule has 0 aliphatic heterocycles. The number of halogens is 8. The lowest BCUT2D eigenvalue weighted by Gasteiger charge is -2.16. The molecule has 0 saturated heterocycles. The average Bonchev–Trinajstić information content (AvgIpc) is 3.54. The maximum Gasteiger partial charge on any atom is 0.195 e. The van der Waals surface area contributed by atoms with Crippen LogP contribution in [0.25, 0.3) is 42.7 Å². The molecule has 5 rings (SSSR count). The van der Waals surface area contributed by atoms with Gasteiger partial charge in [-0.3, -0.25) is 0 Å². The highest BCUT2D eigenvalue weighted by Gasteiger charge is 2.35. The average molecular weight is 575 g/mol. The summed E-state index contributed by atoms with van der Waals surface area (Å²) < 4.78 is 122. The van der Waals surface area contributed by atoms with Crippen molar-refractivity contribution >= 4 is 44.2 Å². The van der Waals surface area contributed by atoms with Crippen LogP contribution in [0.2, 0.25) is 0 Å². The van der Waals surface area contributed by atoms with Crippen LogP contribution in [0, 0.1) is 46.5 Å². The summed E-state index contributed by atoms with van der Waals surface area (Å²) in [4.78, 5) is 0. The Balaban J connectivity index is 1.94. The normalized spacial score (nSPS) is 11.8. The number of hydrogen-bond acceptors (Lipinski definition) is 6. The van der Waals surface area contributed by atoms with E-state index in [1.54, 1.807) is 13.8 Å². The molecule has 14 heteroatoms. The summed E-state index contributed by atoms with van der Waals surface area (Å²) in [5, 5.41) is 8.96. The van der Waals surface area contributed by atoms with Crippen LogP contribution < -0.4 is 0 Å². The Hall–Kier alpha value is -3.26. The van der Waals surface area contributed by atoms with Gasteiger partial charge in [-0.15, -0.1) is 20.4 Å². The van der Waals surface area contributed by atoms with Crippen LogP contribution in [-0.2, 0) is 12.8 Å². The lowest BCUT2D eigenvalue weighted by molar-refractivity contribution is 0.453. The van der Waals surface area contributed by atoms with Gasteiger partial charge in [0, 0.05) is 29.0 Å². The molecule has 0 unspecified atom stereocenters. The van der Waals surface area contributed by atoms with E-state index < -0.39 is 89.2 Å². The van der Waals surface area contributed by atoms with Crippen LogP contribution in [0.3, 0.4) is 0 Å². The van der Waals surface area contributed by atoms with Crippen molar-refractivity contribution in [3.63, 3.8) is 0 Å². The first kappa shape index (κ1) is 26.4. The van der Waals surface area contributed by atoms with Gasteiger partial charge >= 0.3 is 0 Å². The monoisotopic (exact) mass is 574 g/mol. The minimum Gasteiger partial charge on any atom is -0.205 e. The SMILES string of the molecule is CCCc1nnc(-c2c(F)c(F)c3c(c2F)c(F)c(F)c2c(-c4nnc(CCC)s4)c(F)c(F)c(F)c23)s1. The number of fused-ring (bicyclic) bond motifs is 3. The van der Waals surface area contributed by atoms with Crippen LogP contribution in [0.5, 0.6) is 0 Å². The highest BCUT2D eigenvalue weighted by molar-refractivity contribution is 7.15.